The number of allylic oxidation sites excluding steroid dienone is 3. The summed E-state index contributed by atoms with van der Waals surface area (Å²) in [6.45, 7) is 7.73. The second-order valence-electron chi connectivity index (χ2n) is 5.04. The highest BCUT2D eigenvalue weighted by Crippen LogP contribution is 2.17. The van der Waals surface area contributed by atoms with E-state index in [1.54, 1.807) is 0 Å². The number of hydrogen-bond acceptors (Lipinski definition) is 1. The van der Waals surface area contributed by atoms with E-state index in [2.05, 4.69) is 12.2 Å². The van der Waals surface area contributed by atoms with Crippen molar-refractivity contribution >= 4 is 23.2 Å². The van der Waals surface area contributed by atoms with Crippen molar-refractivity contribution in [2.24, 2.45) is 0 Å². The molecule has 0 fully saturated rings. The van der Waals surface area contributed by atoms with Gasteiger partial charge in [0.15, 0.2) is 0 Å². The highest BCUT2D eigenvalue weighted by Gasteiger charge is 2.05. The maximum Gasteiger partial charge on any atom is 0.255 e. The molecule has 2 nitrogen and oxygen atoms in total. The summed E-state index contributed by atoms with van der Waals surface area (Å²) in [6, 6.07) is 15.3. The van der Waals surface area contributed by atoms with E-state index in [1.165, 1.54) is 0 Å². The van der Waals surface area contributed by atoms with Crippen molar-refractivity contribution in [3.05, 3.63) is 84.3 Å². The molecule has 2 rings (SSSR count). The average Bonchev–Trinajstić information content (AvgIpc) is 2.55. The van der Waals surface area contributed by atoms with Gasteiger partial charge >= 0.3 is 0 Å². The first-order valence-electron chi connectivity index (χ1n) is 7.24. The van der Waals surface area contributed by atoms with E-state index in [4.69, 9.17) is 0 Å². The molecule has 0 aliphatic rings. The smallest absolute Gasteiger partial charge is 0.255 e. The van der Waals surface area contributed by atoms with Gasteiger partial charge in [-0.25, -0.2) is 0 Å². The molecule has 1 radical (unpaired) electrons. The molecular formula is C20H20NO. The molecule has 2 heteroatoms. The van der Waals surface area contributed by atoms with Gasteiger partial charge in [0, 0.05) is 11.3 Å². The van der Waals surface area contributed by atoms with Gasteiger partial charge in [-0.1, -0.05) is 42.5 Å². The van der Waals surface area contributed by atoms with Gasteiger partial charge in [-0.2, -0.15) is 0 Å². The number of carbonyl (C=O) groups excluding carboxylic acids is 1. The Balaban J connectivity index is 2.08. The summed E-state index contributed by atoms with van der Waals surface area (Å²) in [5.41, 5.74) is 4.72. The lowest BCUT2D eigenvalue weighted by molar-refractivity contribution is 0.102. The maximum absolute atomic E-state index is 12.2. The van der Waals surface area contributed by atoms with Crippen molar-refractivity contribution in [2.75, 3.05) is 5.32 Å². The third-order valence-electron chi connectivity index (χ3n) is 3.44. The van der Waals surface area contributed by atoms with Crippen LogP contribution in [0, 0.1) is 6.92 Å². The Bertz CT molecular complexity index is 691. The van der Waals surface area contributed by atoms with E-state index in [0.29, 0.717) is 5.56 Å². The Labute approximate surface area is 132 Å². The minimum Gasteiger partial charge on any atom is -0.322 e. The highest BCUT2D eigenvalue weighted by molar-refractivity contribution is 6.04. The van der Waals surface area contributed by atoms with Crippen LogP contribution in [-0.4, -0.2) is 5.91 Å². The maximum atomic E-state index is 12.2. The summed E-state index contributed by atoms with van der Waals surface area (Å²) < 4.78 is 0. The fourth-order valence-corrected chi connectivity index (χ4v) is 2.08. The molecule has 1 amide bonds. The fourth-order valence-electron chi connectivity index (χ4n) is 2.08. The number of anilines is 1. The highest BCUT2D eigenvalue weighted by atomic mass is 16.1. The minimum atomic E-state index is -0.107. The van der Waals surface area contributed by atoms with Crippen LogP contribution in [0.25, 0.3) is 11.6 Å². The molecule has 0 saturated carbocycles. The van der Waals surface area contributed by atoms with Gasteiger partial charge < -0.3 is 5.32 Å². The number of hydrogen-bond donors (Lipinski definition) is 1. The van der Waals surface area contributed by atoms with Gasteiger partial charge in [-0.15, -0.1) is 0 Å². The van der Waals surface area contributed by atoms with Crippen LogP contribution >= 0.6 is 0 Å². The van der Waals surface area contributed by atoms with Crippen LogP contribution in [0.15, 0.2) is 60.7 Å². The molecule has 0 atom stereocenters. The molecule has 0 bridgehead atoms. The molecule has 2 aromatic carbocycles. The zero-order valence-corrected chi connectivity index (χ0v) is 13.0. The number of amides is 1. The van der Waals surface area contributed by atoms with Crippen LogP contribution in [0.1, 0.15) is 35.3 Å². The van der Waals surface area contributed by atoms with Crippen LogP contribution in [0.3, 0.4) is 0 Å². The SMILES string of the molecule is [CH2]C=C(C)c1ccc(NC(=O)c2ccc(/C=C/C)cc2)cc1. The van der Waals surface area contributed by atoms with Gasteiger partial charge in [0.05, 0.1) is 0 Å². The average molecular weight is 290 g/mol. The third-order valence-corrected chi connectivity index (χ3v) is 3.44. The molecular weight excluding hydrogens is 270 g/mol. The van der Waals surface area contributed by atoms with E-state index in [1.807, 2.05) is 80.6 Å². The van der Waals surface area contributed by atoms with Gasteiger partial charge in [-0.3, -0.25) is 4.79 Å². The summed E-state index contributed by atoms with van der Waals surface area (Å²) in [5.74, 6) is -0.107. The lowest BCUT2D eigenvalue weighted by atomic mass is 10.1. The van der Waals surface area contributed by atoms with E-state index in [-0.39, 0.29) is 5.91 Å². The van der Waals surface area contributed by atoms with E-state index < -0.39 is 0 Å². The summed E-state index contributed by atoms with van der Waals surface area (Å²) >= 11 is 0. The number of benzene rings is 2. The van der Waals surface area contributed by atoms with Crippen LogP contribution in [-0.2, 0) is 0 Å². The zero-order valence-electron chi connectivity index (χ0n) is 13.0. The third kappa shape index (κ3) is 3.95. The molecule has 2 aromatic rings. The van der Waals surface area contributed by atoms with Gasteiger partial charge in [-0.05, 0) is 61.7 Å². The Kier molecular flexibility index (Phi) is 5.31. The fraction of sp³-hybridized carbons (Fsp3) is 0.100. The van der Waals surface area contributed by atoms with E-state index >= 15 is 0 Å². The summed E-state index contributed by atoms with van der Waals surface area (Å²) in [6.07, 6.45) is 5.79. The van der Waals surface area contributed by atoms with E-state index in [9.17, 15) is 4.79 Å². The monoisotopic (exact) mass is 290 g/mol. The Morgan fingerprint density at radius 3 is 2.14 bits per heavy atom. The Morgan fingerprint density at radius 2 is 1.59 bits per heavy atom. The van der Waals surface area contributed by atoms with Gasteiger partial charge in [0.25, 0.3) is 5.91 Å². The molecule has 0 aliphatic heterocycles. The van der Waals surface area contributed by atoms with Crippen LogP contribution in [0.5, 0.6) is 0 Å². The predicted molar refractivity (Wildman–Crippen MR) is 94.6 cm³/mol. The van der Waals surface area contributed by atoms with Crippen molar-refractivity contribution in [3.8, 4) is 0 Å². The second kappa shape index (κ2) is 7.41. The summed E-state index contributed by atoms with van der Waals surface area (Å²) in [4.78, 5) is 12.2. The molecule has 0 aliphatic carbocycles. The lowest BCUT2D eigenvalue weighted by Crippen LogP contribution is -2.11. The molecule has 1 N–H and O–H groups in total. The quantitative estimate of drug-likeness (QED) is 0.823. The molecule has 0 saturated heterocycles. The first-order chi connectivity index (χ1) is 10.6. The Hall–Kier alpha value is -2.61. The molecule has 0 unspecified atom stereocenters. The first kappa shape index (κ1) is 15.8. The van der Waals surface area contributed by atoms with Crippen molar-refractivity contribution in [3.63, 3.8) is 0 Å². The van der Waals surface area contributed by atoms with Gasteiger partial charge in [0.1, 0.15) is 0 Å². The number of carbonyl (C=O) groups is 1. The second-order valence-corrected chi connectivity index (χ2v) is 5.04. The molecule has 22 heavy (non-hydrogen) atoms. The van der Waals surface area contributed by atoms with Crippen molar-refractivity contribution < 1.29 is 4.79 Å². The van der Waals surface area contributed by atoms with Crippen molar-refractivity contribution in [2.45, 2.75) is 13.8 Å². The summed E-state index contributed by atoms with van der Waals surface area (Å²) in [5, 5.41) is 2.90. The largest absolute Gasteiger partial charge is 0.322 e. The molecule has 0 spiro atoms. The van der Waals surface area contributed by atoms with Crippen molar-refractivity contribution in [1.29, 1.82) is 0 Å². The number of rotatable bonds is 4. The Morgan fingerprint density at radius 1 is 1.00 bits per heavy atom. The topological polar surface area (TPSA) is 29.1 Å². The molecule has 0 heterocycles. The van der Waals surface area contributed by atoms with Gasteiger partial charge in [0.2, 0.25) is 0 Å². The normalized spacial score (nSPS) is 11.7. The number of nitrogens with one attached hydrogen (secondary N) is 1. The lowest BCUT2D eigenvalue weighted by Gasteiger charge is -2.07. The molecule has 111 valence electrons. The zero-order chi connectivity index (χ0) is 15.9. The van der Waals surface area contributed by atoms with Crippen LogP contribution < -0.4 is 5.32 Å². The van der Waals surface area contributed by atoms with Crippen molar-refractivity contribution in [1.82, 2.24) is 0 Å². The summed E-state index contributed by atoms with van der Waals surface area (Å²) in [7, 11) is 0. The standard InChI is InChI=1S/C20H20NO/c1-4-6-16-7-9-18(10-8-16)20(22)21-19-13-11-17(12-14-19)15(3)5-2/h4-14H,2H2,1,3H3,(H,21,22)/b6-4+,15-5?. The van der Waals surface area contributed by atoms with E-state index in [0.717, 1.165) is 22.4 Å². The van der Waals surface area contributed by atoms with Crippen LogP contribution in [0.4, 0.5) is 5.69 Å². The first-order valence-corrected chi connectivity index (χ1v) is 7.24. The molecule has 0 aromatic heterocycles. The minimum absolute atomic E-state index is 0.107. The predicted octanol–water partition coefficient (Wildman–Crippen LogP) is 5.21. The van der Waals surface area contributed by atoms with Crippen LogP contribution in [0.2, 0.25) is 0 Å².